The predicted molar refractivity (Wildman–Crippen MR) is 44.8 cm³/mol. The fourth-order valence-corrected chi connectivity index (χ4v) is 1.87. The van der Waals surface area contributed by atoms with Crippen molar-refractivity contribution >= 4 is 21.9 Å². The first-order valence-corrected chi connectivity index (χ1v) is 4.40. The molecule has 1 aliphatic heterocycles. The number of fused-ring (bicyclic) bond motifs is 1. The van der Waals surface area contributed by atoms with Crippen LogP contribution in [-0.2, 0) is 17.8 Å². The third-order valence-corrected chi connectivity index (χ3v) is 2.70. The Hall–Kier alpha value is -0.840. The molecule has 0 aliphatic carbocycles. The van der Waals surface area contributed by atoms with E-state index in [1.165, 1.54) is 0 Å². The number of hydrogen-bond acceptors (Lipinski definition) is 2. The second-order valence-electron chi connectivity index (χ2n) is 2.85. The smallest absolute Gasteiger partial charge is 0.308 e. The standard InChI is InChI=1S/C7H7BrN2O2/c8-5-2-9-6-1-4(7(11)12)3-10(5)6/h2,4H,1,3H2,(H,11,12). The molecule has 1 aromatic heterocycles. The van der Waals surface area contributed by atoms with Crippen LogP contribution >= 0.6 is 15.9 Å². The van der Waals surface area contributed by atoms with Gasteiger partial charge in [0, 0.05) is 13.0 Å². The number of hydrogen-bond donors (Lipinski definition) is 1. The minimum absolute atomic E-state index is 0.301. The molecule has 0 bridgehead atoms. The van der Waals surface area contributed by atoms with Crippen LogP contribution in [0.3, 0.4) is 0 Å². The van der Waals surface area contributed by atoms with Gasteiger partial charge in [0.25, 0.3) is 0 Å². The average Bonchev–Trinajstić information content (AvgIpc) is 2.53. The summed E-state index contributed by atoms with van der Waals surface area (Å²) in [5.74, 6) is -0.188. The molecule has 0 spiro atoms. The predicted octanol–water partition coefficient (Wildman–Crippen LogP) is 0.903. The lowest BCUT2D eigenvalue weighted by Gasteiger charge is -2.00. The second kappa shape index (κ2) is 2.58. The Morgan fingerprint density at radius 2 is 2.58 bits per heavy atom. The minimum atomic E-state index is -0.743. The van der Waals surface area contributed by atoms with E-state index in [0.717, 1.165) is 10.4 Å². The van der Waals surface area contributed by atoms with Crippen molar-refractivity contribution in [3.05, 3.63) is 16.6 Å². The number of aromatic nitrogens is 2. The monoisotopic (exact) mass is 230 g/mol. The summed E-state index contributed by atoms with van der Waals surface area (Å²) in [4.78, 5) is 14.7. The van der Waals surface area contributed by atoms with E-state index in [-0.39, 0.29) is 5.92 Å². The molecule has 2 heterocycles. The van der Waals surface area contributed by atoms with Crippen molar-refractivity contribution < 1.29 is 9.90 Å². The van der Waals surface area contributed by atoms with Gasteiger partial charge in [-0.3, -0.25) is 4.79 Å². The fraction of sp³-hybridized carbons (Fsp3) is 0.429. The average molecular weight is 231 g/mol. The molecule has 12 heavy (non-hydrogen) atoms. The van der Waals surface area contributed by atoms with Crippen molar-refractivity contribution in [1.29, 1.82) is 0 Å². The largest absolute Gasteiger partial charge is 0.481 e. The van der Waals surface area contributed by atoms with Gasteiger partial charge < -0.3 is 9.67 Å². The second-order valence-corrected chi connectivity index (χ2v) is 3.66. The van der Waals surface area contributed by atoms with Crippen LogP contribution < -0.4 is 0 Å². The number of carboxylic acids is 1. The maximum absolute atomic E-state index is 10.6. The zero-order valence-corrected chi connectivity index (χ0v) is 7.78. The third-order valence-electron chi connectivity index (χ3n) is 2.07. The Kier molecular flexibility index (Phi) is 1.68. The van der Waals surface area contributed by atoms with Gasteiger partial charge in [-0.25, -0.2) is 4.98 Å². The molecule has 1 aliphatic rings. The molecule has 4 nitrogen and oxygen atoms in total. The van der Waals surface area contributed by atoms with Gasteiger partial charge >= 0.3 is 5.97 Å². The molecular formula is C7H7BrN2O2. The molecule has 1 unspecified atom stereocenters. The molecule has 0 aromatic carbocycles. The van der Waals surface area contributed by atoms with E-state index >= 15 is 0 Å². The number of nitrogens with zero attached hydrogens (tertiary/aromatic N) is 2. The van der Waals surface area contributed by atoms with Crippen molar-refractivity contribution in [2.75, 3.05) is 0 Å². The molecule has 5 heteroatoms. The van der Waals surface area contributed by atoms with Crippen LogP contribution in [0.15, 0.2) is 10.8 Å². The summed E-state index contributed by atoms with van der Waals surface area (Å²) in [5, 5.41) is 8.74. The van der Waals surface area contributed by atoms with Gasteiger partial charge in [-0.2, -0.15) is 0 Å². The van der Waals surface area contributed by atoms with E-state index in [2.05, 4.69) is 20.9 Å². The summed E-state index contributed by atoms with van der Waals surface area (Å²) >= 11 is 3.30. The molecule has 0 saturated carbocycles. The van der Waals surface area contributed by atoms with Gasteiger partial charge in [0.15, 0.2) is 0 Å². The Labute approximate surface area is 77.3 Å². The molecule has 1 aromatic rings. The third kappa shape index (κ3) is 1.04. The molecule has 0 radical (unpaired) electrons. The number of carboxylic acid groups (broad SMARTS) is 1. The molecule has 2 rings (SSSR count). The molecule has 0 fully saturated rings. The zero-order valence-electron chi connectivity index (χ0n) is 6.20. The van der Waals surface area contributed by atoms with Crippen LogP contribution in [0.25, 0.3) is 0 Å². The highest BCUT2D eigenvalue weighted by Gasteiger charge is 2.29. The van der Waals surface area contributed by atoms with Crippen LogP contribution in [0.4, 0.5) is 0 Å². The summed E-state index contributed by atoms with van der Waals surface area (Å²) in [6, 6.07) is 0. The lowest BCUT2D eigenvalue weighted by Crippen LogP contribution is -2.14. The van der Waals surface area contributed by atoms with E-state index in [1.54, 1.807) is 6.20 Å². The number of carbonyl (C=O) groups is 1. The highest BCUT2D eigenvalue weighted by molar-refractivity contribution is 9.10. The molecular weight excluding hydrogens is 224 g/mol. The Morgan fingerprint density at radius 1 is 1.83 bits per heavy atom. The highest BCUT2D eigenvalue weighted by atomic mass is 79.9. The van der Waals surface area contributed by atoms with Crippen molar-refractivity contribution in [1.82, 2.24) is 9.55 Å². The van der Waals surface area contributed by atoms with Crippen molar-refractivity contribution in [3.8, 4) is 0 Å². The minimum Gasteiger partial charge on any atom is -0.481 e. The van der Waals surface area contributed by atoms with Crippen molar-refractivity contribution in [3.63, 3.8) is 0 Å². The van der Waals surface area contributed by atoms with Gasteiger partial charge in [-0.05, 0) is 15.9 Å². The Bertz CT molecular complexity index is 334. The summed E-state index contributed by atoms with van der Waals surface area (Å²) < 4.78 is 2.75. The first-order valence-electron chi connectivity index (χ1n) is 3.61. The summed E-state index contributed by atoms with van der Waals surface area (Å²) in [7, 11) is 0. The zero-order chi connectivity index (χ0) is 8.72. The van der Waals surface area contributed by atoms with Crippen LogP contribution in [-0.4, -0.2) is 20.6 Å². The summed E-state index contributed by atoms with van der Waals surface area (Å²) in [5.41, 5.74) is 0. The summed E-state index contributed by atoms with van der Waals surface area (Å²) in [6.07, 6.45) is 2.24. The van der Waals surface area contributed by atoms with E-state index < -0.39 is 5.97 Å². The normalized spacial score (nSPS) is 20.9. The maximum Gasteiger partial charge on any atom is 0.308 e. The van der Waals surface area contributed by atoms with Crippen LogP contribution in [0, 0.1) is 5.92 Å². The molecule has 0 saturated heterocycles. The van der Waals surface area contributed by atoms with E-state index in [4.69, 9.17) is 5.11 Å². The summed E-state index contributed by atoms with van der Waals surface area (Å²) in [6.45, 7) is 0.533. The molecule has 0 amide bonds. The number of halogens is 1. The van der Waals surface area contributed by atoms with Crippen molar-refractivity contribution in [2.45, 2.75) is 13.0 Å². The van der Waals surface area contributed by atoms with Gasteiger partial charge in [-0.1, -0.05) is 0 Å². The van der Waals surface area contributed by atoms with Gasteiger partial charge in [0.2, 0.25) is 0 Å². The van der Waals surface area contributed by atoms with Crippen LogP contribution in [0.1, 0.15) is 5.82 Å². The number of imidazole rings is 1. The lowest BCUT2D eigenvalue weighted by molar-refractivity contribution is -0.141. The van der Waals surface area contributed by atoms with Crippen LogP contribution in [0.5, 0.6) is 0 Å². The number of aliphatic carboxylic acids is 1. The topological polar surface area (TPSA) is 55.1 Å². The van der Waals surface area contributed by atoms with E-state index in [0.29, 0.717) is 13.0 Å². The Morgan fingerprint density at radius 3 is 3.17 bits per heavy atom. The fourth-order valence-electron chi connectivity index (χ4n) is 1.42. The van der Waals surface area contributed by atoms with Crippen LogP contribution in [0.2, 0.25) is 0 Å². The van der Waals surface area contributed by atoms with E-state index in [1.807, 2.05) is 4.57 Å². The lowest BCUT2D eigenvalue weighted by atomic mass is 10.1. The van der Waals surface area contributed by atoms with Crippen molar-refractivity contribution in [2.24, 2.45) is 5.92 Å². The quantitative estimate of drug-likeness (QED) is 0.781. The first-order chi connectivity index (χ1) is 5.68. The van der Waals surface area contributed by atoms with Gasteiger partial charge in [0.05, 0.1) is 12.1 Å². The first kappa shape index (κ1) is 7.79. The van der Waals surface area contributed by atoms with Gasteiger partial charge in [0.1, 0.15) is 10.4 Å². The SMILES string of the molecule is O=C(O)C1Cc2ncc(Br)n2C1. The van der Waals surface area contributed by atoms with E-state index in [9.17, 15) is 4.79 Å². The Balaban J connectivity index is 2.28. The molecule has 1 N–H and O–H groups in total. The molecule has 64 valence electrons. The highest BCUT2D eigenvalue weighted by Crippen LogP contribution is 2.24. The molecule has 1 atom stereocenters. The van der Waals surface area contributed by atoms with Gasteiger partial charge in [-0.15, -0.1) is 0 Å². The number of rotatable bonds is 1. The maximum atomic E-state index is 10.6.